The molecule has 0 heterocycles. The van der Waals surface area contributed by atoms with Crippen LogP contribution in [-0.4, -0.2) is 17.1 Å². The van der Waals surface area contributed by atoms with E-state index in [4.69, 9.17) is 0 Å². The van der Waals surface area contributed by atoms with Crippen LogP contribution in [0.4, 0.5) is 8.78 Å². The van der Waals surface area contributed by atoms with E-state index in [2.05, 4.69) is 11.0 Å². The summed E-state index contributed by atoms with van der Waals surface area (Å²) < 4.78 is 26.5. The number of fused-ring (bicyclic) bond motifs is 1. The van der Waals surface area contributed by atoms with Gasteiger partial charge in [-0.2, -0.15) is 0 Å². The number of phenols is 1. The Balaban J connectivity index is 1.67. The zero-order chi connectivity index (χ0) is 17.3. The minimum absolute atomic E-state index is 0.0326. The van der Waals surface area contributed by atoms with Crippen molar-refractivity contribution in [3.63, 3.8) is 0 Å². The first-order chi connectivity index (χ1) is 11.3. The average Bonchev–Trinajstić information content (AvgIpc) is 2.94. The van der Waals surface area contributed by atoms with Crippen molar-refractivity contribution < 1.29 is 13.9 Å². The standard InChI is InChI=1S/C20H23F2NO/c1-20(21,22)18-8-6-14(7-9-18)12-23(2)13-17-10-15-4-3-5-16(15)11-19(17)24/h6-11,24H,3-5,12-13H2,1-2H3. The zero-order valence-electron chi connectivity index (χ0n) is 14.1. The molecule has 0 radical (unpaired) electrons. The average molecular weight is 331 g/mol. The molecule has 1 aliphatic carbocycles. The van der Waals surface area contributed by atoms with Crippen molar-refractivity contribution in [2.24, 2.45) is 0 Å². The summed E-state index contributed by atoms with van der Waals surface area (Å²) in [6, 6.07) is 10.4. The van der Waals surface area contributed by atoms with Gasteiger partial charge >= 0.3 is 0 Å². The number of halogens is 2. The fourth-order valence-corrected chi connectivity index (χ4v) is 3.35. The molecule has 4 heteroatoms. The highest BCUT2D eigenvalue weighted by Gasteiger charge is 2.23. The van der Waals surface area contributed by atoms with E-state index in [0.29, 0.717) is 18.8 Å². The highest BCUT2D eigenvalue weighted by Crippen LogP contribution is 2.30. The second-order valence-corrected chi connectivity index (χ2v) is 6.86. The molecule has 24 heavy (non-hydrogen) atoms. The van der Waals surface area contributed by atoms with Gasteiger partial charge in [0.2, 0.25) is 0 Å². The first-order valence-electron chi connectivity index (χ1n) is 8.32. The summed E-state index contributed by atoms with van der Waals surface area (Å²) in [4.78, 5) is 2.08. The summed E-state index contributed by atoms with van der Waals surface area (Å²) >= 11 is 0. The van der Waals surface area contributed by atoms with Crippen LogP contribution in [0.3, 0.4) is 0 Å². The second kappa shape index (κ2) is 6.52. The van der Waals surface area contributed by atoms with Gasteiger partial charge in [0.1, 0.15) is 5.75 Å². The lowest BCUT2D eigenvalue weighted by Crippen LogP contribution is -2.17. The highest BCUT2D eigenvalue weighted by atomic mass is 19.3. The van der Waals surface area contributed by atoms with E-state index in [1.54, 1.807) is 12.1 Å². The Morgan fingerprint density at radius 1 is 1.04 bits per heavy atom. The van der Waals surface area contributed by atoms with Crippen molar-refractivity contribution >= 4 is 0 Å². The van der Waals surface area contributed by atoms with Crippen LogP contribution in [0.15, 0.2) is 36.4 Å². The van der Waals surface area contributed by atoms with Crippen LogP contribution in [0.2, 0.25) is 0 Å². The van der Waals surface area contributed by atoms with Gasteiger partial charge in [0, 0.05) is 31.1 Å². The van der Waals surface area contributed by atoms with Gasteiger partial charge < -0.3 is 5.11 Å². The van der Waals surface area contributed by atoms with E-state index in [1.165, 1.54) is 23.3 Å². The van der Waals surface area contributed by atoms with Gasteiger partial charge in [-0.25, -0.2) is 8.78 Å². The second-order valence-electron chi connectivity index (χ2n) is 6.86. The van der Waals surface area contributed by atoms with Crippen LogP contribution in [0.25, 0.3) is 0 Å². The molecule has 1 aliphatic rings. The monoisotopic (exact) mass is 331 g/mol. The third kappa shape index (κ3) is 3.75. The molecule has 0 spiro atoms. The van der Waals surface area contributed by atoms with E-state index in [9.17, 15) is 13.9 Å². The van der Waals surface area contributed by atoms with E-state index < -0.39 is 5.92 Å². The SMILES string of the molecule is CN(Cc1ccc(C(C)(F)F)cc1)Cc1cc2c(cc1O)CCC2. The number of aryl methyl sites for hydroxylation is 2. The Morgan fingerprint density at radius 2 is 1.67 bits per heavy atom. The van der Waals surface area contributed by atoms with E-state index in [1.807, 2.05) is 13.1 Å². The number of alkyl halides is 2. The maximum absolute atomic E-state index is 13.3. The normalized spacial score (nSPS) is 14.2. The number of rotatable bonds is 5. The van der Waals surface area contributed by atoms with E-state index in [0.717, 1.165) is 37.3 Å². The molecule has 0 fully saturated rings. The molecule has 128 valence electrons. The molecule has 0 bridgehead atoms. The summed E-state index contributed by atoms with van der Waals surface area (Å²) in [5, 5.41) is 10.2. The quantitative estimate of drug-likeness (QED) is 0.864. The van der Waals surface area contributed by atoms with Crippen LogP contribution < -0.4 is 0 Å². The van der Waals surface area contributed by atoms with Gasteiger partial charge in [0.15, 0.2) is 0 Å². The maximum Gasteiger partial charge on any atom is 0.270 e. The van der Waals surface area contributed by atoms with Crippen LogP contribution in [-0.2, 0) is 31.9 Å². The zero-order valence-corrected chi connectivity index (χ0v) is 14.1. The lowest BCUT2D eigenvalue weighted by molar-refractivity contribution is 0.0174. The molecule has 1 N–H and O–H groups in total. The Labute approximate surface area is 141 Å². The lowest BCUT2D eigenvalue weighted by Gasteiger charge is -2.19. The van der Waals surface area contributed by atoms with E-state index >= 15 is 0 Å². The maximum atomic E-state index is 13.3. The molecular weight excluding hydrogens is 308 g/mol. The van der Waals surface area contributed by atoms with Crippen LogP contribution >= 0.6 is 0 Å². The Kier molecular flexibility index (Phi) is 4.59. The number of nitrogens with zero attached hydrogens (tertiary/aromatic N) is 1. The minimum Gasteiger partial charge on any atom is -0.508 e. The van der Waals surface area contributed by atoms with Crippen LogP contribution in [0.1, 0.15) is 41.2 Å². The molecule has 0 aromatic heterocycles. The number of benzene rings is 2. The molecule has 2 aromatic carbocycles. The number of phenolic OH excluding ortho intramolecular Hbond substituents is 1. The smallest absolute Gasteiger partial charge is 0.270 e. The first kappa shape index (κ1) is 16.9. The Hall–Kier alpha value is -1.94. The van der Waals surface area contributed by atoms with Crippen molar-refractivity contribution in [1.29, 1.82) is 0 Å². The van der Waals surface area contributed by atoms with Gasteiger partial charge in [-0.15, -0.1) is 0 Å². The fraction of sp³-hybridized carbons (Fsp3) is 0.400. The van der Waals surface area contributed by atoms with Crippen LogP contribution in [0, 0.1) is 0 Å². The fourth-order valence-electron chi connectivity index (χ4n) is 3.35. The Bertz CT molecular complexity index is 720. The predicted molar refractivity (Wildman–Crippen MR) is 91.3 cm³/mol. The molecule has 0 unspecified atom stereocenters. The molecule has 2 nitrogen and oxygen atoms in total. The van der Waals surface area contributed by atoms with Gasteiger partial charge in [-0.3, -0.25) is 4.90 Å². The summed E-state index contributed by atoms with van der Waals surface area (Å²) in [5.74, 6) is -2.45. The predicted octanol–water partition coefficient (Wildman–Crippen LogP) is 4.62. The summed E-state index contributed by atoms with van der Waals surface area (Å²) in [6.07, 6.45) is 3.29. The molecular formula is C20H23F2NO. The van der Waals surface area contributed by atoms with Crippen LogP contribution in [0.5, 0.6) is 5.75 Å². The van der Waals surface area contributed by atoms with Gasteiger partial charge in [0.05, 0.1) is 0 Å². The largest absolute Gasteiger partial charge is 0.508 e. The van der Waals surface area contributed by atoms with Gasteiger partial charge in [0.25, 0.3) is 5.92 Å². The summed E-state index contributed by atoms with van der Waals surface area (Å²) in [5.41, 5.74) is 4.53. The molecule has 0 saturated carbocycles. The molecule has 0 atom stereocenters. The highest BCUT2D eigenvalue weighted by molar-refractivity contribution is 5.44. The molecule has 0 saturated heterocycles. The summed E-state index contributed by atoms with van der Waals surface area (Å²) in [6.45, 7) is 2.18. The van der Waals surface area contributed by atoms with Crippen molar-refractivity contribution in [1.82, 2.24) is 4.90 Å². The van der Waals surface area contributed by atoms with Crippen molar-refractivity contribution in [2.75, 3.05) is 7.05 Å². The number of aromatic hydroxyl groups is 1. The Morgan fingerprint density at radius 3 is 2.29 bits per heavy atom. The van der Waals surface area contributed by atoms with Crippen molar-refractivity contribution in [2.45, 2.75) is 45.2 Å². The van der Waals surface area contributed by atoms with Crippen molar-refractivity contribution in [3.05, 3.63) is 64.2 Å². The molecule has 2 aromatic rings. The lowest BCUT2D eigenvalue weighted by atomic mass is 10.0. The van der Waals surface area contributed by atoms with E-state index in [-0.39, 0.29) is 5.56 Å². The third-order valence-electron chi connectivity index (χ3n) is 4.65. The van der Waals surface area contributed by atoms with Gasteiger partial charge in [-0.05, 0) is 49.1 Å². The molecule has 0 aliphatic heterocycles. The first-order valence-corrected chi connectivity index (χ1v) is 8.32. The minimum atomic E-state index is -2.80. The number of hydrogen-bond donors (Lipinski definition) is 1. The van der Waals surface area contributed by atoms with Crippen molar-refractivity contribution in [3.8, 4) is 5.75 Å². The molecule has 0 amide bonds. The third-order valence-corrected chi connectivity index (χ3v) is 4.65. The topological polar surface area (TPSA) is 23.5 Å². The summed E-state index contributed by atoms with van der Waals surface area (Å²) in [7, 11) is 1.97. The number of hydrogen-bond acceptors (Lipinski definition) is 2. The molecule has 3 rings (SSSR count). The van der Waals surface area contributed by atoms with Gasteiger partial charge in [-0.1, -0.05) is 30.3 Å².